The van der Waals surface area contributed by atoms with Gasteiger partial charge in [0.25, 0.3) is 0 Å². The minimum absolute atomic E-state index is 0. The molecule has 1 aromatic rings. The molecule has 0 aliphatic carbocycles. The Labute approximate surface area is 101 Å². The lowest BCUT2D eigenvalue weighted by Gasteiger charge is -2.13. The highest BCUT2D eigenvalue weighted by Crippen LogP contribution is 2.23. The summed E-state index contributed by atoms with van der Waals surface area (Å²) in [5.74, 6) is 0. The molecule has 0 heterocycles. The van der Waals surface area contributed by atoms with Crippen LogP contribution in [0.2, 0.25) is 0 Å². The number of halogens is 2. The van der Waals surface area contributed by atoms with Gasteiger partial charge in [-0.2, -0.15) is 0 Å². The zero-order valence-electron chi connectivity index (χ0n) is 8.59. The summed E-state index contributed by atoms with van der Waals surface area (Å²) in [6, 6.07) is 6.46. The molecule has 0 unspecified atom stereocenters. The molecule has 0 fully saturated rings. The predicted octanol–water partition coefficient (Wildman–Crippen LogP) is 3.98. The first-order valence-electron chi connectivity index (χ1n) is 4.66. The van der Waals surface area contributed by atoms with Crippen LogP contribution in [0.25, 0.3) is 0 Å². The molecule has 0 aliphatic rings. The molecule has 0 radical (unpaired) electrons. The van der Waals surface area contributed by atoms with Gasteiger partial charge in [0.2, 0.25) is 0 Å². The fraction of sp³-hybridized carbons (Fsp3) is 0.455. The third-order valence-electron chi connectivity index (χ3n) is 2.24. The van der Waals surface area contributed by atoms with Crippen molar-refractivity contribution < 1.29 is 0 Å². The maximum atomic E-state index is 6.05. The van der Waals surface area contributed by atoms with Gasteiger partial charge in [-0.15, -0.1) is 12.4 Å². The van der Waals surface area contributed by atoms with Crippen molar-refractivity contribution in [3.8, 4) is 0 Å². The first kappa shape index (κ1) is 13.9. The van der Waals surface area contributed by atoms with E-state index in [1.807, 2.05) is 0 Å². The Balaban J connectivity index is 0.00000169. The number of rotatable bonds is 3. The van der Waals surface area contributed by atoms with Gasteiger partial charge >= 0.3 is 0 Å². The van der Waals surface area contributed by atoms with Crippen LogP contribution in [0, 0.1) is 6.92 Å². The molecule has 0 amide bonds. The number of hydrogen-bond acceptors (Lipinski definition) is 1. The lowest BCUT2D eigenvalue weighted by atomic mass is 9.99. The Morgan fingerprint density at radius 3 is 2.64 bits per heavy atom. The molecule has 1 aromatic carbocycles. The van der Waals surface area contributed by atoms with Crippen molar-refractivity contribution in [2.75, 3.05) is 0 Å². The van der Waals surface area contributed by atoms with E-state index in [4.69, 9.17) is 5.73 Å². The number of hydrogen-bond donors (Lipinski definition) is 1. The second-order valence-corrected chi connectivity index (χ2v) is 4.31. The number of aryl methyl sites for hydroxylation is 1. The zero-order chi connectivity index (χ0) is 9.84. The van der Waals surface area contributed by atoms with Crippen LogP contribution in [-0.2, 0) is 0 Å². The molecule has 0 bridgehead atoms. The van der Waals surface area contributed by atoms with Gasteiger partial charge in [0.05, 0.1) is 0 Å². The summed E-state index contributed by atoms with van der Waals surface area (Å²) >= 11 is 3.46. The van der Waals surface area contributed by atoms with E-state index in [0.717, 1.165) is 17.3 Å². The summed E-state index contributed by atoms with van der Waals surface area (Å²) in [6.45, 7) is 4.27. The van der Waals surface area contributed by atoms with E-state index < -0.39 is 0 Å². The molecule has 1 atom stereocenters. The summed E-state index contributed by atoms with van der Waals surface area (Å²) in [6.07, 6.45) is 2.18. The van der Waals surface area contributed by atoms with Crippen molar-refractivity contribution in [2.24, 2.45) is 5.73 Å². The van der Waals surface area contributed by atoms with Gasteiger partial charge in [-0.05, 0) is 36.6 Å². The van der Waals surface area contributed by atoms with Crippen molar-refractivity contribution in [1.29, 1.82) is 0 Å². The maximum Gasteiger partial charge on any atom is 0.0297 e. The first-order valence-corrected chi connectivity index (χ1v) is 5.46. The molecule has 0 aliphatic heterocycles. The monoisotopic (exact) mass is 277 g/mol. The van der Waals surface area contributed by atoms with E-state index in [1.54, 1.807) is 0 Å². The van der Waals surface area contributed by atoms with Crippen LogP contribution in [0.3, 0.4) is 0 Å². The van der Waals surface area contributed by atoms with Crippen LogP contribution in [0.15, 0.2) is 22.7 Å². The van der Waals surface area contributed by atoms with Crippen molar-refractivity contribution >= 4 is 28.3 Å². The molecule has 1 nitrogen and oxygen atoms in total. The Morgan fingerprint density at radius 2 is 2.07 bits per heavy atom. The number of benzene rings is 1. The predicted molar refractivity (Wildman–Crippen MR) is 68.0 cm³/mol. The fourth-order valence-electron chi connectivity index (χ4n) is 1.48. The minimum Gasteiger partial charge on any atom is -0.324 e. The van der Waals surface area contributed by atoms with Gasteiger partial charge in [-0.25, -0.2) is 0 Å². The summed E-state index contributed by atoms with van der Waals surface area (Å²) in [4.78, 5) is 0. The lowest BCUT2D eigenvalue weighted by molar-refractivity contribution is 0.635. The van der Waals surface area contributed by atoms with Gasteiger partial charge in [-0.3, -0.25) is 0 Å². The molecule has 0 aromatic heterocycles. The standard InChI is InChI=1S/C11H16BrN.ClH/c1-3-4-11(13)10-7-9(12)6-5-8(10)2;/h5-7,11H,3-4,13H2,1-2H3;1H/t11-;/m1./s1. The molecule has 14 heavy (non-hydrogen) atoms. The molecule has 0 spiro atoms. The van der Waals surface area contributed by atoms with Gasteiger partial charge < -0.3 is 5.73 Å². The van der Waals surface area contributed by atoms with E-state index in [0.29, 0.717) is 0 Å². The van der Waals surface area contributed by atoms with Crippen molar-refractivity contribution in [2.45, 2.75) is 32.7 Å². The van der Waals surface area contributed by atoms with Crippen molar-refractivity contribution in [1.82, 2.24) is 0 Å². The van der Waals surface area contributed by atoms with Crippen LogP contribution in [0.5, 0.6) is 0 Å². The van der Waals surface area contributed by atoms with Crippen molar-refractivity contribution in [3.05, 3.63) is 33.8 Å². The summed E-state index contributed by atoms with van der Waals surface area (Å²) < 4.78 is 1.11. The molecule has 1 rings (SSSR count). The molecule has 80 valence electrons. The van der Waals surface area contributed by atoms with Crippen molar-refractivity contribution in [3.63, 3.8) is 0 Å². The van der Waals surface area contributed by atoms with Crippen LogP contribution in [0.1, 0.15) is 36.9 Å². The molecule has 3 heteroatoms. The summed E-state index contributed by atoms with van der Waals surface area (Å²) in [5.41, 5.74) is 8.60. The third kappa shape index (κ3) is 3.60. The van der Waals surface area contributed by atoms with Crippen LogP contribution in [-0.4, -0.2) is 0 Å². The summed E-state index contributed by atoms with van der Waals surface area (Å²) in [5, 5.41) is 0. The van der Waals surface area contributed by atoms with E-state index in [-0.39, 0.29) is 18.4 Å². The largest absolute Gasteiger partial charge is 0.324 e. The van der Waals surface area contributed by atoms with E-state index in [1.165, 1.54) is 11.1 Å². The van der Waals surface area contributed by atoms with Gasteiger partial charge in [0, 0.05) is 10.5 Å². The van der Waals surface area contributed by atoms with Crippen LogP contribution in [0.4, 0.5) is 0 Å². The average molecular weight is 279 g/mol. The topological polar surface area (TPSA) is 26.0 Å². The van der Waals surface area contributed by atoms with E-state index in [2.05, 4.69) is 48.0 Å². The van der Waals surface area contributed by atoms with Gasteiger partial charge in [0.15, 0.2) is 0 Å². The quantitative estimate of drug-likeness (QED) is 0.889. The summed E-state index contributed by atoms with van der Waals surface area (Å²) in [7, 11) is 0. The smallest absolute Gasteiger partial charge is 0.0297 e. The van der Waals surface area contributed by atoms with E-state index in [9.17, 15) is 0 Å². The Morgan fingerprint density at radius 1 is 1.43 bits per heavy atom. The van der Waals surface area contributed by atoms with Crippen LogP contribution < -0.4 is 5.73 Å². The molecule has 0 saturated heterocycles. The molecular weight excluding hydrogens is 261 g/mol. The SMILES string of the molecule is CCC[C@@H](N)c1cc(Br)ccc1C.Cl. The Hall–Kier alpha value is -0.0500. The fourth-order valence-corrected chi connectivity index (χ4v) is 1.86. The number of nitrogens with two attached hydrogens (primary N) is 1. The lowest BCUT2D eigenvalue weighted by Crippen LogP contribution is -2.11. The van der Waals surface area contributed by atoms with Gasteiger partial charge in [0.1, 0.15) is 0 Å². The van der Waals surface area contributed by atoms with Crippen LogP contribution >= 0.6 is 28.3 Å². The molecular formula is C11H17BrClN. The highest BCUT2D eigenvalue weighted by atomic mass is 79.9. The molecule has 2 N–H and O–H groups in total. The average Bonchev–Trinajstić information content (AvgIpc) is 2.09. The Bertz CT molecular complexity index is 289. The first-order chi connectivity index (χ1) is 6.15. The highest BCUT2D eigenvalue weighted by molar-refractivity contribution is 9.10. The van der Waals surface area contributed by atoms with Gasteiger partial charge in [-0.1, -0.05) is 35.3 Å². The normalized spacial score (nSPS) is 12.0. The third-order valence-corrected chi connectivity index (χ3v) is 2.73. The maximum absolute atomic E-state index is 6.05. The molecule has 0 saturated carbocycles. The second kappa shape index (κ2) is 6.44. The zero-order valence-corrected chi connectivity index (χ0v) is 11.0. The Kier molecular flexibility index (Phi) is 6.41. The minimum atomic E-state index is 0. The second-order valence-electron chi connectivity index (χ2n) is 3.40. The van der Waals surface area contributed by atoms with E-state index >= 15 is 0 Å². The highest BCUT2D eigenvalue weighted by Gasteiger charge is 2.07.